The van der Waals surface area contributed by atoms with Crippen molar-refractivity contribution in [3.05, 3.63) is 34.6 Å². The Morgan fingerprint density at radius 1 is 1.54 bits per heavy atom. The number of aldehydes is 1. The number of carbonyl (C=O) groups is 2. The molecule has 0 fully saturated rings. The number of rotatable bonds is 3. The van der Waals surface area contributed by atoms with Crippen molar-refractivity contribution in [2.75, 3.05) is 0 Å². The maximum atomic E-state index is 13.0. The third-order valence-corrected chi connectivity index (χ3v) is 1.83. The average Bonchev–Trinajstić information content (AvgIpc) is 2.04. The second kappa shape index (κ2) is 4.14. The fraction of sp³-hybridized carbons (Fsp3) is 0.111. The molecule has 0 bridgehead atoms. The van der Waals surface area contributed by atoms with E-state index in [1.807, 2.05) is 0 Å². The zero-order chi connectivity index (χ0) is 9.84. The Hall–Kier alpha value is -1.22. The first-order chi connectivity index (χ1) is 6.16. The van der Waals surface area contributed by atoms with Crippen molar-refractivity contribution in [3.8, 4) is 0 Å². The van der Waals surface area contributed by atoms with Gasteiger partial charge < -0.3 is 4.79 Å². The monoisotopic (exact) mass is 200 g/mol. The summed E-state index contributed by atoms with van der Waals surface area (Å²) < 4.78 is 13.0. The molecule has 13 heavy (non-hydrogen) atoms. The molecule has 0 aliphatic rings. The SMILES string of the molecule is O=CCC(=O)c1c(F)cccc1Cl. The first-order valence-corrected chi connectivity index (χ1v) is 3.95. The van der Waals surface area contributed by atoms with Crippen LogP contribution in [0, 0.1) is 5.82 Å². The highest BCUT2D eigenvalue weighted by atomic mass is 35.5. The Morgan fingerprint density at radius 3 is 2.77 bits per heavy atom. The van der Waals surface area contributed by atoms with Crippen molar-refractivity contribution in [1.82, 2.24) is 0 Å². The Bertz CT molecular complexity index is 329. The lowest BCUT2D eigenvalue weighted by molar-refractivity contribution is -0.107. The van der Waals surface area contributed by atoms with Gasteiger partial charge in [0.1, 0.15) is 12.1 Å². The van der Waals surface area contributed by atoms with Gasteiger partial charge >= 0.3 is 0 Å². The molecule has 0 atom stereocenters. The van der Waals surface area contributed by atoms with Crippen LogP contribution in [-0.2, 0) is 4.79 Å². The van der Waals surface area contributed by atoms with E-state index in [9.17, 15) is 14.0 Å². The molecule has 1 aromatic rings. The molecule has 68 valence electrons. The predicted octanol–water partition coefficient (Wildman–Crippen LogP) is 2.25. The Kier molecular flexibility index (Phi) is 3.14. The van der Waals surface area contributed by atoms with E-state index in [4.69, 9.17) is 11.6 Å². The van der Waals surface area contributed by atoms with Crippen LogP contribution in [0.15, 0.2) is 18.2 Å². The maximum absolute atomic E-state index is 13.0. The van der Waals surface area contributed by atoms with Gasteiger partial charge in [0, 0.05) is 0 Å². The highest BCUT2D eigenvalue weighted by molar-refractivity contribution is 6.34. The van der Waals surface area contributed by atoms with Crippen molar-refractivity contribution in [2.24, 2.45) is 0 Å². The summed E-state index contributed by atoms with van der Waals surface area (Å²) in [4.78, 5) is 21.2. The third kappa shape index (κ3) is 2.12. The van der Waals surface area contributed by atoms with Crippen molar-refractivity contribution in [2.45, 2.75) is 6.42 Å². The number of carbonyl (C=O) groups excluding carboxylic acids is 2. The standard InChI is InChI=1S/C9H6ClFO2/c10-6-2-1-3-7(11)9(6)8(13)4-5-12/h1-3,5H,4H2. The summed E-state index contributed by atoms with van der Waals surface area (Å²) in [7, 11) is 0. The van der Waals surface area contributed by atoms with Crippen LogP contribution in [0.2, 0.25) is 5.02 Å². The molecule has 1 rings (SSSR count). The van der Waals surface area contributed by atoms with Crippen LogP contribution >= 0.6 is 11.6 Å². The number of hydrogen-bond donors (Lipinski definition) is 0. The number of ketones is 1. The summed E-state index contributed by atoms with van der Waals surface area (Å²) in [5.41, 5.74) is -0.212. The number of Topliss-reactive ketones (excluding diaryl/α,β-unsaturated/α-hetero) is 1. The van der Waals surface area contributed by atoms with Crippen molar-refractivity contribution >= 4 is 23.7 Å². The van der Waals surface area contributed by atoms with Gasteiger partial charge in [0.15, 0.2) is 5.78 Å². The van der Waals surface area contributed by atoms with E-state index in [-0.39, 0.29) is 17.0 Å². The van der Waals surface area contributed by atoms with Crippen LogP contribution in [0.4, 0.5) is 4.39 Å². The second-order valence-corrected chi connectivity index (χ2v) is 2.80. The molecule has 0 amide bonds. The third-order valence-electron chi connectivity index (χ3n) is 1.51. The average molecular weight is 201 g/mol. The van der Waals surface area contributed by atoms with Gasteiger partial charge in [0.25, 0.3) is 0 Å². The Morgan fingerprint density at radius 2 is 2.23 bits per heavy atom. The quantitative estimate of drug-likeness (QED) is 0.426. The molecule has 0 unspecified atom stereocenters. The molecule has 0 heterocycles. The van der Waals surface area contributed by atoms with Gasteiger partial charge in [-0.15, -0.1) is 0 Å². The lowest BCUT2D eigenvalue weighted by atomic mass is 10.1. The molecular weight excluding hydrogens is 195 g/mol. The van der Waals surface area contributed by atoms with Gasteiger partial charge in [-0.3, -0.25) is 4.79 Å². The van der Waals surface area contributed by atoms with E-state index in [0.717, 1.165) is 6.07 Å². The van der Waals surface area contributed by atoms with Gasteiger partial charge in [-0.2, -0.15) is 0 Å². The lowest BCUT2D eigenvalue weighted by Crippen LogP contribution is -2.03. The topological polar surface area (TPSA) is 34.1 Å². The predicted molar refractivity (Wildman–Crippen MR) is 46.4 cm³/mol. The van der Waals surface area contributed by atoms with Gasteiger partial charge in [-0.05, 0) is 12.1 Å². The smallest absolute Gasteiger partial charge is 0.174 e. The lowest BCUT2D eigenvalue weighted by Gasteiger charge is -2.01. The summed E-state index contributed by atoms with van der Waals surface area (Å²) in [6.45, 7) is 0. The summed E-state index contributed by atoms with van der Waals surface area (Å²) >= 11 is 5.58. The van der Waals surface area contributed by atoms with Gasteiger partial charge in [-0.25, -0.2) is 4.39 Å². The van der Waals surface area contributed by atoms with E-state index in [0.29, 0.717) is 6.29 Å². The summed E-state index contributed by atoms with van der Waals surface area (Å²) in [6, 6.07) is 3.93. The fourth-order valence-corrected chi connectivity index (χ4v) is 1.21. The largest absolute Gasteiger partial charge is 0.303 e. The normalized spacial score (nSPS) is 9.69. The Labute approximate surface area is 79.3 Å². The molecule has 1 aromatic carbocycles. The van der Waals surface area contributed by atoms with E-state index in [1.165, 1.54) is 12.1 Å². The van der Waals surface area contributed by atoms with Crippen LogP contribution in [-0.4, -0.2) is 12.1 Å². The molecular formula is C9H6ClFO2. The van der Waals surface area contributed by atoms with Gasteiger partial charge in [-0.1, -0.05) is 17.7 Å². The molecule has 2 nitrogen and oxygen atoms in total. The van der Waals surface area contributed by atoms with Crippen LogP contribution < -0.4 is 0 Å². The summed E-state index contributed by atoms with van der Waals surface area (Å²) in [5.74, 6) is -1.29. The number of benzene rings is 1. The highest BCUT2D eigenvalue weighted by Gasteiger charge is 2.14. The fourth-order valence-electron chi connectivity index (χ4n) is 0.942. The molecule has 0 aliphatic heterocycles. The van der Waals surface area contributed by atoms with Gasteiger partial charge in [0.05, 0.1) is 17.0 Å². The van der Waals surface area contributed by atoms with E-state index in [1.54, 1.807) is 0 Å². The van der Waals surface area contributed by atoms with E-state index >= 15 is 0 Å². The number of hydrogen-bond acceptors (Lipinski definition) is 2. The minimum atomic E-state index is -0.695. The van der Waals surface area contributed by atoms with Crippen molar-refractivity contribution in [3.63, 3.8) is 0 Å². The molecule has 0 aliphatic carbocycles. The summed E-state index contributed by atoms with van der Waals surface area (Å²) in [5, 5.41) is 0.0341. The molecule has 0 radical (unpaired) electrons. The minimum Gasteiger partial charge on any atom is -0.303 e. The highest BCUT2D eigenvalue weighted by Crippen LogP contribution is 2.19. The first-order valence-electron chi connectivity index (χ1n) is 3.57. The molecule has 0 N–H and O–H groups in total. The van der Waals surface area contributed by atoms with Crippen molar-refractivity contribution < 1.29 is 14.0 Å². The zero-order valence-electron chi connectivity index (χ0n) is 6.59. The zero-order valence-corrected chi connectivity index (χ0v) is 7.34. The molecule has 0 saturated carbocycles. The molecule has 0 saturated heterocycles. The van der Waals surface area contributed by atoms with Crippen LogP contribution in [0.1, 0.15) is 16.8 Å². The van der Waals surface area contributed by atoms with Crippen LogP contribution in [0.5, 0.6) is 0 Å². The Balaban J connectivity index is 3.12. The minimum absolute atomic E-state index is 0.0341. The first kappa shape index (κ1) is 9.86. The number of halogens is 2. The molecule has 4 heteroatoms. The van der Waals surface area contributed by atoms with Crippen molar-refractivity contribution in [1.29, 1.82) is 0 Å². The molecule has 0 aromatic heterocycles. The molecule has 0 spiro atoms. The van der Waals surface area contributed by atoms with Crippen LogP contribution in [0.3, 0.4) is 0 Å². The maximum Gasteiger partial charge on any atom is 0.174 e. The second-order valence-electron chi connectivity index (χ2n) is 2.39. The van der Waals surface area contributed by atoms with Crippen LogP contribution in [0.25, 0.3) is 0 Å². The van der Waals surface area contributed by atoms with Gasteiger partial charge in [0.2, 0.25) is 0 Å². The summed E-state index contributed by atoms with van der Waals surface area (Å²) in [6.07, 6.45) is 0.0752. The van der Waals surface area contributed by atoms with E-state index in [2.05, 4.69) is 0 Å². The van der Waals surface area contributed by atoms with E-state index < -0.39 is 11.6 Å².